The van der Waals surface area contributed by atoms with Crippen molar-refractivity contribution in [3.63, 3.8) is 0 Å². The SMILES string of the molecule is CCNC1N=C(Cl)N=CN1NCC. The van der Waals surface area contributed by atoms with E-state index >= 15 is 0 Å². The summed E-state index contributed by atoms with van der Waals surface area (Å²) in [4.78, 5) is 7.98. The molecule has 1 aliphatic rings. The van der Waals surface area contributed by atoms with Crippen LogP contribution in [-0.2, 0) is 0 Å². The molecule has 1 unspecified atom stereocenters. The first-order chi connectivity index (χ1) is 6.27. The van der Waals surface area contributed by atoms with Crippen molar-refractivity contribution in [2.45, 2.75) is 20.1 Å². The topological polar surface area (TPSA) is 52.0 Å². The average molecular weight is 204 g/mol. The van der Waals surface area contributed by atoms with Crippen molar-refractivity contribution in [2.24, 2.45) is 9.98 Å². The number of hydrogen-bond donors (Lipinski definition) is 2. The molecule has 1 heterocycles. The van der Waals surface area contributed by atoms with E-state index in [0.29, 0.717) is 0 Å². The third-order valence-electron chi connectivity index (χ3n) is 1.51. The summed E-state index contributed by atoms with van der Waals surface area (Å²) in [6.45, 7) is 5.67. The van der Waals surface area contributed by atoms with Crippen LogP contribution in [0.1, 0.15) is 13.8 Å². The molecule has 0 aliphatic carbocycles. The lowest BCUT2D eigenvalue weighted by atomic mass is 10.6. The summed E-state index contributed by atoms with van der Waals surface area (Å²) in [6, 6.07) is 0. The van der Waals surface area contributed by atoms with Gasteiger partial charge in [-0.25, -0.2) is 15.4 Å². The van der Waals surface area contributed by atoms with Crippen molar-refractivity contribution >= 4 is 23.2 Å². The predicted molar refractivity (Wildman–Crippen MR) is 54.8 cm³/mol. The Morgan fingerprint density at radius 1 is 1.54 bits per heavy atom. The first kappa shape index (κ1) is 10.4. The minimum atomic E-state index is -0.157. The van der Waals surface area contributed by atoms with E-state index in [0.717, 1.165) is 13.1 Å². The van der Waals surface area contributed by atoms with Gasteiger partial charge in [0, 0.05) is 6.54 Å². The van der Waals surface area contributed by atoms with E-state index in [-0.39, 0.29) is 11.6 Å². The van der Waals surface area contributed by atoms with Gasteiger partial charge in [-0.05, 0) is 18.1 Å². The lowest BCUT2D eigenvalue weighted by Crippen LogP contribution is -2.52. The molecule has 74 valence electrons. The molecule has 1 atom stereocenters. The van der Waals surface area contributed by atoms with Crippen LogP contribution in [0.15, 0.2) is 9.98 Å². The van der Waals surface area contributed by atoms with Gasteiger partial charge in [-0.2, -0.15) is 0 Å². The molecule has 13 heavy (non-hydrogen) atoms. The quantitative estimate of drug-likeness (QED) is 0.648. The van der Waals surface area contributed by atoms with Gasteiger partial charge >= 0.3 is 0 Å². The molecule has 0 fully saturated rings. The molecule has 2 N–H and O–H groups in total. The maximum Gasteiger partial charge on any atom is 0.222 e. The Morgan fingerprint density at radius 2 is 2.31 bits per heavy atom. The number of nitrogens with one attached hydrogen (secondary N) is 2. The summed E-state index contributed by atoms with van der Waals surface area (Å²) in [6.07, 6.45) is 1.47. The van der Waals surface area contributed by atoms with Gasteiger partial charge in [-0.3, -0.25) is 10.3 Å². The Hall–Kier alpha value is -0.650. The van der Waals surface area contributed by atoms with Crippen LogP contribution in [0, 0.1) is 0 Å². The van der Waals surface area contributed by atoms with Crippen LogP contribution in [0.25, 0.3) is 0 Å². The molecule has 0 bridgehead atoms. The van der Waals surface area contributed by atoms with E-state index < -0.39 is 0 Å². The van der Waals surface area contributed by atoms with Gasteiger partial charge in [0.1, 0.15) is 6.34 Å². The molecule has 0 saturated carbocycles. The zero-order valence-corrected chi connectivity index (χ0v) is 8.54. The van der Waals surface area contributed by atoms with E-state index in [1.807, 2.05) is 13.8 Å². The van der Waals surface area contributed by atoms with Gasteiger partial charge in [0.15, 0.2) is 6.29 Å². The lowest BCUT2D eigenvalue weighted by molar-refractivity contribution is 0.211. The second-order valence-corrected chi connectivity index (χ2v) is 2.83. The fraction of sp³-hybridized carbons (Fsp3) is 0.714. The van der Waals surface area contributed by atoms with E-state index in [1.54, 1.807) is 11.3 Å². The molecule has 0 aromatic heterocycles. The van der Waals surface area contributed by atoms with Crippen molar-refractivity contribution in [1.82, 2.24) is 15.8 Å². The predicted octanol–water partition coefficient (Wildman–Crippen LogP) is 0.343. The van der Waals surface area contributed by atoms with Gasteiger partial charge in [0.05, 0.1) is 0 Å². The highest BCUT2D eigenvalue weighted by atomic mass is 35.5. The molecule has 1 aliphatic heterocycles. The van der Waals surface area contributed by atoms with Gasteiger partial charge < -0.3 is 0 Å². The summed E-state index contributed by atoms with van der Waals surface area (Å²) < 4.78 is 0. The number of nitrogens with zero attached hydrogens (tertiary/aromatic N) is 3. The van der Waals surface area contributed by atoms with E-state index in [2.05, 4.69) is 20.7 Å². The zero-order chi connectivity index (χ0) is 9.68. The third kappa shape index (κ3) is 2.95. The molecule has 6 heteroatoms. The highest BCUT2D eigenvalue weighted by molar-refractivity contribution is 6.65. The Labute approximate surface area is 82.8 Å². The van der Waals surface area contributed by atoms with Gasteiger partial charge in [0.2, 0.25) is 5.29 Å². The molecule has 0 amide bonds. The number of rotatable bonds is 4. The monoisotopic (exact) mass is 203 g/mol. The molecular formula is C7H14ClN5. The Kier molecular flexibility index (Phi) is 4.14. The Balaban J connectivity index is 2.58. The number of hydrazine groups is 1. The van der Waals surface area contributed by atoms with Crippen molar-refractivity contribution in [3.8, 4) is 0 Å². The van der Waals surface area contributed by atoms with E-state index in [9.17, 15) is 0 Å². The Morgan fingerprint density at radius 3 is 2.92 bits per heavy atom. The first-order valence-corrected chi connectivity index (χ1v) is 4.68. The molecule has 0 aromatic carbocycles. The first-order valence-electron chi connectivity index (χ1n) is 4.30. The summed E-state index contributed by atoms with van der Waals surface area (Å²) in [5.41, 5.74) is 3.10. The van der Waals surface area contributed by atoms with Crippen LogP contribution in [0.3, 0.4) is 0 Å². The maximum absolute atomic E-state index is 5.67. The molecule has 0 saturated heterocycles. The Bertz CT molecular complexity index is 215. The van der Waals surface area contributed by atoms with Crippen LogP contribution in [-0.4, -0.2) is 36.0 Å². The second-order valence-electron chi connectivity index (χ2n) is 2.49. The fourth-order valence-corrected chi connectivity index (χ4v) is 1.14. The van der Waals surface area contributed by atoms with Crippen molar-refractivity contribution in [1.29, 1.82) is 0 Å². The van der Waals surface area contributed by atoms with Crippen LogP contribution in [0.4, 0.5) is 0 Å². The summed E-state index contributed by atoms with van der Waals surface area (Å²) in [5.74, 6) is 0. The smallest absolute Gasteiger partial charge is 0.222 e. The zero-order valence-electron chi connectivity index (χ0n) is 7.79. The van der Waals surface area contributed by atoms with Crippen LogP contribution >= 0.6 is 11.6 Å². The maximum atomic E-state index is 5.67. The minimum Gasteiger partial charge on any atom is -0.278 e. The largest absolute Gasteiger partial charge is 0.278 e. The number of hydrogen-bond acceptors (Lipinski definition) is 5. The fourth-order valence-electron chi connectivity index (χ4n) is 1.01. The normalized spacial score (nSPS) is 21.9. The average Bonchev–Trinajstić information content (AvgIpc) is 2.10. The third-order valence-corrected chi connectivity index (χ3v) is 1.70. The highest BCUT2D eigenvalue weighted by Crippen LogP contribution is 2.02. The lowest BCUT2D eigenvalue weighted by Gasteiger charge is -2.29. The summed E-state index contributed by atoms with van der Waals surface area (Å²) >= 11 is 5.67. The second kappa shape index (κ2) is 5.16. The molecular weight excluding hydrogens is 190 g/mol. The molecule has 0 aromatic rings. The minimum absolute atomic E-state index is 0.157. The molecule has 5 nitrogen and oxygen atoms in total. The molecule has 0 spiro atoms. The number of amidine groups is 1. The van der Waals surface area contributed by atoms with Crippen LogP contribution < -0.4 is 10.7 Å². The standard InChI is InChI=1S/C7H14ClN5/c1-3-9-7-12-6(8)10-5-13(7)11-4-2/h5,7,9,11H,3-4H2,1-2H3. The van der Waals surface area contributed by atoms with Crippen molar-refractivity contribution < 1.29 is 0 Å². The highest BCUT2D eigenvalue weighted by Gasteiger charge is 2.16. The molecule has 0 radical (unpaired) electrons. The van der Waals surface area contributed by atoms with Gasteiger partial charge in [0.25, 0.3) is 0 Å². The summed E-state index contributed by atoms with van der Waals surface area (Å²) in [5, 5.41) is 5.21. The van der Waals surface area contributed by atoms with Gasteiger partial charge in [-0.15, -0.1) is 0 Å². The number of aliphatic imine (C=N–C) groups is 2. The van der Waals surface area contributed by atoms with Gasteiger partial charge in [-0.1, -0.05) is 13.8 Å². The van der Waals surface area contributed by atoms with Crippen LogP contribution in [0.5, 0.6) is 0 Å². The number of halogens is 1. The van der Waals surface area contributed by atoms with Crippen LogP contribution in [0.2, 0.25) is 0 Å². The van der Waals surface area contributed by atoms with Crippen molar-refractivity contribution in [3.05, 3.63) is 0 Å². The summed E-state index contributed by atoms with van der Waals surface area (Å²) in [7, 11) is 0. The molecule has 1 rings (SSSR count). The van der Waals surface area contributed by atoms with E-state index in [1.165, 1.54) is 0 Å². The van der Waals surface area contributed by atoms with Crippen molar-refractivity contribution in [2.75, 3.05) is 13.1 Å². The van der Waals surface area contributed by atoms with E-state index in [4.69, 9.17) is 11.6 Å².